The highest BCUT2D eigenvalue weighted by atomic mass is 35.5. The fraction of sp³-hybridized carbons (Fsp3) is 0.429. The highest BCUT2D eigenvalue weighted by Crippen LogP contribution is 2.27. The summed E-state index contributed by atoms with van der Waals surface area (Å²) in [6, 6.07) is 7.72. The van der Waals surface area contributed by atoms with Crippen LogP contribution < -0.4 is 5.56 Å². The molecule has 0 N–H and O–H groups in total. The molecule has 0 spiro atoms. The Kier molecular flexibility index (Phi) is 3.80. The van der Waals surface area contributed by atoms with Gasteiger partial charge in [0.1, 0.15) is 5.82 Å². The van der Waals surface area contributed by atoms with Gasteiger partial charge < -0.3 is 0 Å². The first-order valence-corrected chi connectivity index (χ1v) is 8.14. The lowest BCUT2D eigenvalue weighted by atomic mass is 10.1. The van der Waals surface area contributed by atoms with E-state index in [4.69, 9.17) is 11.6 Å². The molecule has 3 rings (SSSR count). The van der Waals surface area contributed by atoms with Crippen molar-refractivity contribution in [3.05, 3.63) is 40.4 Å². The minimum atomic E-state index is 0.0498. The molecular formula is C14H15ClN2OS. The number of thioether (sulfide) groups is 1. The van der Waals surface area contributed by atoms with Crippen molar-refractivity contribution in [2.45, 2.75) is 24.8 Å². The van der Waals surface area contributed by atoms with Gasteiger partial charge in [0.25, 0.3) is 5.56 Å². The fourth-order valence-electron chi connectivity index (χ4n) is 2.59. The number of hydrogen-bond donors (Lipinski definition) is 0. The van der Waals surface area contributed by atoms with Gasteiger partial charge in [-0.05, 0) is 30.7 Å². The molecule has 2 heterocycles. The third-order valence-electron chi connectivity index (χ3n) is 3.50. The van der Waals surface area contributed by atoms with Crippen molar-refractivity contribution in [1.82, 2.24) is 9.55 Å². The Labute approximate surface area is 121 Å². The molecule has 19 heavy (non-hydrogen) atoms. The van der Waals surface area contributed by atoms with Gasteiger partial charge in [-0.2, -0.15) is 11.8 Å². The second kappa shape index (κ2) is 5.55. The van der Waals surface area contributed by atoms with Gasteiger partial charge in [0.15, 0.2) is 0 Å². The first-order valence-electron chi connectivity index (χ1n) is 6.45. The smallest absolute Gasteiger partial charge is 0.261 e. The van der Waals surface area contributed by atoms with Crippen molar-refractivity contribution < 1.29 is 0 Å². The standard InChI is InChI=1S/C14H15ClN2OS/c15-8-13-16-12-6-2-1-5-11(12)14(18)17(13)10-4-3-7-19-9-10/h1-2,5-6,10H,3-4,7-9H2. The molecule has 2 aromatic rings. The van der Waals surface area contributed by atoms with Crippen LogP contribution in [0.2, 0.25) is 0 Å². The molecule has 1 saturated heterocycles. The third kappa shape index (κ3) is 2.39. The van der Waals surface area contributed by atoms with Gasteiger partial charge in [0, 0.05) is 11.8 Å². The van der Waals surface area contributed by atoms with Crippen LogP contribution in [-0.2, 0) is 5.88 Å². The van der Waals surface area contributed by atoms with E-state index < -0.39 is 0 Å². The number of rotatable bonds is 2. The lowest BCUT2D eigenvalue weighted by Gasteiger charge is -2.25. The van der Waals surface area contributed by atoms with Crippen LogP contribution in [0.5, 0.6) is 0 Å². The molecule has 0 radical (unpaired) electrons. The van der Waals surface area contributed by atoms with E-state index in [1.807, 2.05) is 40.6 Å². The largest absolute Gasteiger partial charge is 0.291 e. The summed E-state index contributed by atoms with van der Waals surface area (Å²) in [5, 5.41) is 0.687. The second-order valence-corrected chi connectivity index (χ2v) is 6.14. The lowest BCUT2D eigenvalue weighted by molar-refractivity contribution is 0.470. The van der Waals surface area contributed by atoms with Crippen LogP contribution in [-0.4, -0.2) is 21.1 Å². The number of benzene rings is 1. The Morgan fingerprint density at radius 2 is 2.26 bits per heavy atom. The zero-order valence-corrected chi connectivity index (χ0v) is 12.1. The molecule has 1 aromatic carbocycles. The first-order chi connectivity index (χ1) is 9.31. The molecular weight excluding hydrogens is 280 g/mol. The van der Waals surface area contributed by atoms with Crippen molar-refractivity contribution in [1.29, 1.82) is 0 Å². The SMILES string of the molecule is O=c1c2ccccc2nc(CCl)n1C1CCCSC1. The van der Waals surface area contributed by atoms with Gasteiger partial charge in [0.2, 0.25) is 0 Å². The zero-order chi connectivity index (χ0) is 13.2. The van der Waals surface area contributed by atoms with Crippen molar-refractivity contribution in [2.75, 3.05) is 11.5 Å². The molecule has 1 unspecified atom stereocenters. The summed E-state index contributed by atoms with van der Waals surface area (Å²) in [5.74, 6) is 3.13. The van der Waals surface area contributed by atoms with Gasteiger partial charge in [-0.25, -0.2) is 4.98 Å². The second-order valence-electron chi connectivity index (χ2n) is 4.72. The topological polar surface area (TPSA) is 34.9 Å². The highest BCUT2D eigenvalue weighted by Gasteiger charge is 2.21. The maximum Gasteiger partial charge on any atom is 0.261 e. The number of hydrogen-bond acceptors (Lipinski definition) is 3. The van der Waals surface area contributed by atoms with E-state index in [9.17, 15) is 4.79 Å². The van der Waals surface area contributed by atoms with E-state index in [1.165, 1.54) is 5.75 Å². The van der Waals surface area contributed by atoms with E-state index in [0.29, 0.717) is 11.2 Å². The van der Waals surface area contributed by atoms with Crippen LogP contribution in [0, 0.1) is 0 Å². The van der Waals surface area contributed by atoms with Gasteiger partial charge in [0.05, 0.1) is 16.8 Å². The Bertz CT molecular complexity index is 649. The Morgan fingerprint density at radius 3 is 3.00 bits per heavy atom. The molecule has 1 atom stereocenters. The van der Waals surface area contributed by atoms with Crippen LogP contribution >= 0.6 is 23.4 Å². The monoisotopic (exact) mass is 294 g/mol. The molecule has 3 nitrogen and oxygen atoms in total. The highest BCUT2D eigenvalue weighted by molar-refractivity contribution is 7.99. The fourth-order valence-corrected chi connectivity index (χ4v) is 3.90. The molecule has 0 amide bonds. The number of aromatic nitrogens is 2. The lowest BCUT2D eigenvalue weighted by Crippen LogP contribution is -2.31. The number of nitrogens with zero attached hydrogens (tertiary/aromatic N) is 2. The average Bonchev–Trinajstić information content (AvgIpc) is 2.48. The molecule has 100 valence electrons. The zero-order valence-electron chi connectivity index (χ0n) is 10.5. The van der Waals surface area contributed by atoms with Crippen molar-refractivity contribution in [3.8, 4) is 0 Å². The maximum atomic E-state index is 12.7. The van der Waals surface area contributed by atoms with Crippen molar-refractivity contribution in [3.63, 3.8) is 0 Å². The van der Waals surface area contributed by atoms with Crippen LogP contribution in [0.1, 0.15) is 24.7 Å². The average molecular weight is 295 g/mol. The predicted octanol–water partition coefficient (Wildman–Crippen LogP) is 3.20. The molecule has 0 bridgehead atoms. The van der Waals surface area contributed by atoms with E-state index in [2.05, 4.69) is 4.98 Å². The molecule has 5 heteroatoms. The van der Waals surface area contributed by atoms with Gasteiger partial charge in [-0.3, -0.25) is 9.36 Å². The quantitative estimate of drug-likeness (QED) is 0.798. The molecule has 1 aromatic heterocycles. The van der Waals surface area contributed by atoms with Crippen LogP contribution in [0.3, 0.4) is 0 Å². The summed E-state index contributed by atoms with van der Waals surface area (Å²) in [5.41, 5.74) is 0.789. The maximum absolute atomic E-state index is 12.7. The van der Waals surface area contributed by atoms with Crippen LogP contribution in [0.4, 0.5) is 0 Å². The van der Waals surface area contributed by atoms with E-state index in [0.717, 1.165) is 24.1 Å². The summed E-state index contributed by atoms with van der Waals surface area (Å²) in [6.07, 6.45) is 2.19. The first kappa shape index (κ1) is 13.0. The summed E-state index contributed by atoms with van der Waals surface area (Å²) in [7, 11) is 0. The van der Waals surface area contributed by atoms with Gasteiger partial charge >= 0.3 is 0 Å². The molecule has 0 aliphatic carbocycles. The van der Waals surface area contributed by atoms with Gasteiger partial charge in [-0.15, -0.1) is 11.6 Å². The normalized spacial score (nSPS) is 19.7. The summed E-state index contributed by atoms with van der Waals surface area (Å²) < 4.78 is 1.82. The van der Waals surface area contributed by atoms with Crippen LogP contribution in [0.25, 0.3) is 10.9 Å². The van der Waals surface area contributed by atoms with E-state index >= 15 is 0 Å². The van der Waals surface area contributed by atoms with E-state index in [-0.39, 0.29) is 17.5 Å². The number of alkyl halides is 1. The van der Waals surface area contributed by atoms with Crippen LogP contribution in [0.15, 0.2) is 29.1 Å². The minimum absolute atomic E-state index is 0.0498. The molecule has 1 aliphatic heterocycles. The predicted molar refractivity (Wildman–Crippen MR) is 81.2 cm³/mol. The third-order valence-corrected chi connectivity index (χ3v) is 4.94. The summed E-state index contributed by atoms with van der Waals surface area (Å²) in [6.45, 7) is 0. The summed E-state index contributed by atoms with van der Waals surface area (Å²) in [4.78, 5) is 17.2. The number of fused-ring (bicyclic) bond motifs is 1. The molecule has 1 fully saturated rings. The van der Waals surface area contributed by atoms with E-state index in [1.54, 1.807) is 0 Å². The summed E-state index contributed by atoms with van der Waals surface area (Å²) >= 11 is 7.90. The Morgan fingerprint density at radius 1 is 1.42 bits per heavy atom. The van der Waals surface area contributed by atoms with Crippen molar-refractivity contribution >= 4 is 34.3 Å². The molecule has 0 saturated carbocycles. The van der Waals surface area contributed by atoms with Crippen molar-refractivity contribution in [2.24, 2.45) is 0 Å². The Balaban J connectivity index is 2.21. The van der Waals surface area contributed by atoms with Gasteiger partial charge in [-0.1, -0.05) is 12.1 Å². The Hall–Kier alpha value is -1.000. The number of para-hydroxylation sites is 1. The molecule has 1 aliphatic rings. The number of halogens is 1. The minimum Gasteiger partial charge on any atom is -0.291 e.